The van der Waals surface area contributed by atoms with Crippen molar-refractivity contribution in [3.63, 3.8) is 0 Å². The van der Waals surface area contributed by atoms with Gasteiger partial charge < -0.3 is 10.6 Å². The first-order valence-electron chi connectivity index (χ1n) is 11.1. The van der Waals surface area contributed by atoms with Gasteiger partial charge >= 0.3 is 18.1 Å². The van der Waals surface area contributed by atoms with Crippen molar-refractivity contribution in [1.82, 2.24) is 15.6 Å². The first-order chi connectivity index (χ1) is 17.7. The monoisotopic (exact) mass is 511 g/mol. The van der Waals surface area contributed by atoms with Crippen LogP contribution >= 0.6 is 0 Å². The van der Waals surface area contributed by atoms with Crippen LogP contribution in [0.2, 0.25) is 0 Å². The predicted octanol–water partition coefficient (Wildman–Crippen LogP) is 3.93. The lowest BCUT2D eigenvalue weighted by Gasteiger charge is -2.13. The van der Waals surface area contributed by atoms with E-state index in [0.29, 0.717) is 5.69 Å². The SMILES string of the molecule is O=C(Cc1cc(NC(=O)Nc2c[n+](Cc3ccccn3)no2)cc(C(F)(F)F)c1)NCc1ccccc1. The number of benzene rings is 2. The average molecular weight is 511 g/mol. The molecule has 3 N–H and O–H groups in total. The van der Waals surface area contributed by atoms with E-state index < -0.39 is 23.7 Å². The summed E-state index contributed by atoms with van der Waals surface area (Å²) in [5, 5.41) is 11.2. The van der Waals surface area contributed by atoms with Crippen molar-refractivity contribution in [3.05, 3.63) is 102 Å². The number of pyridine rings is 1. The van der Waals surface area contributed by atoms with Gasteiger partial charge in [0.25, 0.3) is 6.20 Å². The van der Waals surface area contributed by atoms with Crippen LogP contribution < -0.4 is 20.6 Å². The minimum atomic E-state index is -4.68. The summed E-state index contributed by atoms with van der Waals surface area (Å²) < 4.78 is 46.8. The van der Waals surface area contributed by atoms with E-state index in [1.165, 1.54) is 16.9 Å². The molecule has 4 rings (SSSR count). The molecule has 2 aromatic heterocycles. The molecule has 0 saturated carbocycles. The lowest BCUT2D eigenvalue weighted by Crippen LogP contribution is -2.35. The zero-order chi connectivity index (χ0) is 26.3. The van der Waals surface area contributed by atoms with Gasteiger partial charge in [0.15, 0.2) is 0 Å². The van der Waals surface area contributed by atoms with Crippen LogP contribution in [0.25, 0.3) is 0 Å². The van der Waals surface area contributed by atoms with Gasteiger partial charge in [-0.15, -0.1) is 0 Å². The van der Waals surface area contributed by atoms with Crippen molar-refractivity contribution in [2.75, 3.05) is 10.6 Å². The Balaban J connectivity index is 1.40. The molecular weight excluding hydrogens is 489 g/mol. The number of urea groups is 1. The van der Waals surface area contributed by atoms with E-state index in [1.807, 2.05) is 36.4 Å². The number of rotatable bonds is 8. The van der Waals surface area contributed by atoms with E-state index in [9.17, 15) is 22.8 Å². The number of carbonyl (C=O) groups excluding carboxylic acids is 2. The number of hydrogen-bond acceptors (Lipinski definition) is 5. The van der Waals surface area contributed by atoms with Crippen LogP contribution in [-0.2, 0) is 30.5 Å². The predicted molar refractivity (Wildman–Crippen MR) is 126 cm³/mol. The molecule has 0 aliphatic rings. The van der Waals surface area contributed by atoms with Crippen LogP contribution in [0.15, 0.2) is 83.6 Å². The molecule has 0 radical (unpaired) electrons. The number of aromatic nitrogens is 3. The van der Waals surface area contributed by atoms with E-state index in [1.54, 1.807) is 18.3 Å². The van der Waals surface area contributed by atoms with E-state index in [4.69, 9.17) is 4.52 Å². The highest BCUT2D eigenvalue weighted by Crippen LogP contribution is 2.32. The maximum atomic E-state index is 13.5. The molecule has 0 spiro atoms. The van der Waals surface area contributed by atoms with Gasteiger partial charge in [0.1, 0.15) is 5.69 Å². The van der Waals surface area contributed by atoms with E-state index in [-0.39, 0.29) is 36.6 Å². The zero-order valence-electron chi connectivity index (χ0n) is 19.3. The summed E-state index contributed by atoms with van der Waals surface area (Å²) in [4.78, 5) is 28.9. The highest BCUT2D eigenvalue weighted by atomic mass is 19.4. The van der Waals surface area contributed by atoms with E-state index >= 15 is 0 Å². The Morgan fingerprint density at radius 2 is 1.73 bits per heavy atom. The molecule has 12 heteroatoms. The van der Waals surface area contributed by atoms with Crippen molar-refractivity contribution in [2.24, 2.45) is 0 Å². The average Bonchev–Trinajstić information content (AvgIpc) is 3.29. The minimum absolute atomic E-state index is 0.0269. The van der Waals surface area contributed by atoms with Crippen molar-refractivity contribution >= 4 is 23.5 Å². The number of halogens is 3. The van der Waals surface area contributed by atoms with Crippen LogP contribution in [0, 0.1) is 0 Å². The topological polar surface area (TPSA) is 113 Å². The summed E-state index contributed by atoms with van der Waals surface area (Å²) in [6, 6.07) is 16.6. The summed E-state index contributed by atoms with van der Waals surface area (Å²) in [6.07, 6.45) is -1.95. The fourth-order valence-electron chi connectivity index (χ4n) is 3.41. The molecule has 0 bridgehead atoms. The van der Waals surface area contributed by atoms with Crippen molar-refractivity contribution in [1.29, 1.82) is 0 Å². The van der Waals surface area contributed by atoms with Gasteiger partial charge in [0.2, 0.25) is 17.7 Å². The number of alkyl halides is 3. The Hall–Kier alpha value is -4.74. The number of carbonyl (C=O) groups is 2. The molecule has 0 aliphatic heterocycles. The Morgan fingerprint density at radius 3 is 2.46 bits per heavy atom. The highest BCUT2D eigenvalue weighted by Gasteiger charge is 2.31. The summed E-state index contributed by atoms with van der Waals surface area (Å²) in [7, 11) is 0. The summed E-state index contributed by atoms with van der Waals surface area (Å²) >= 11 is 0. The third-order valence-electron chi connectivity index (χ3n) is 5.07. The minimum Gasteiger partial charge on any atom is -0.352 e. The number of amides is 3. The van der Waals surface area contributed by atoms with Crippen LogP contribution in [0.1, 0.15) is 22.4 Å². The number of anilines is 2. The van der Waals surface area contributed by atoms with Gasteiger partial charge in [0.05, 0.1) is 12.0 Å². The molecule has 0 saturated heterocycles. The second-order valence-electron chi connectivity index (χ2n) is 8.02. The highest BCUT2D eigenvalue weighted by molar-refractivity contribution is 5.98. The zero-order valence-corrected chi connectivity index (χ0v) is 19.3. The first kappa shape index (κ1) is 25.4. The van der Waals surface area contributed by atoms with Crippen molar-refractivity contribution < 1.29 is 32.0 Å². The van der Waals surface area contributed by atoms with Gasteiger partial charge in [-0.3, -0.25) is 19.6 Å². The summed E-state index contributed by atoms with van der Waals surface area (Å²) in [5.41, 5.74) is 0.514. The molecule has 3 amide bonds. The van der Waals surface area contributed by atoms with Crippen LogP contribution in [-0.4, -0.2) is 22.2 Å². The molecule has 2 aromatic carbocycles. The molecule has 9 nitrogen and oxygen atoms in total. The second kappa shape index (κ2) is 11.3. The molecule has 190 valence electrons. The quantitative estimate of drug-likeness (QED) is 0.311. The van der Waals surface area contributed by atoms with Gasteiger partial charge in [-0.2, -0.15) is 13.2 Å². The molecule has 0 unspecified atom stereocenters. The van der Waals surface area contributed by atoms with Gasteiger partial charge in [-0.05, 0) is 46.1 Å². The summed E-state index contributed by atoms with van der Waals surface area (Å²) in [6.45, 7) is 0.528. The molecule has 0 fully saturated rings. The van der Waals surface area contributed by atoms with Gasteiger partial charge in [-0.1, -0.05) is 36.4 Å². The lowest BCUT2D eigenvalue weighted by molar-refractivity contribution is -0.755. The number of nitrogens with one attached hydrogen (secondary N) is 3. The van der Waals surface area contributed by atoms with Crippen LogP contribution in [0.4, 0.5) is 29.5 Å². The Morgan fingerprint density at radius 1 is 0.946 bits per heavy atom. The standard InChI is InChI=1S/C25H21F3N6O3/c26-25(27,28)19-10-18(12-22(35)30-14-17-6-2-1-3-7-17)11-21(13-19)31-24(36)32-23-16-34(33-37-23)15-20-8-4-5-9-29-20/h1-11,13,16H,12,14-15H2,(H2-,30,31,32,33,35,36)/p+1. The van der Waals surface area contributed by atoms with Crippen molar-refractivity contribution in [2.45, 2.75) is 25.7 Å². The van der Waals surface area contributed by atoms with Crippen LogP contribution in [0.3, 0.4) is 0 Å². The third kappa shape index (κ3) is 7.62. The normalized spacial score (nSPS) is 11.1. The van der Waals surface area contributed by atoms with Gasteiger partial charge in [-0.25, -0.2) is 4.79 Å². The van der Waals surface area contributed by atoms with Crippen LogP contribution in [0.5, 0.6) is 0 Å². The van der Waals surface area contributed by atoms with Gasteiger partial charge in [0, 0.05) is 18.4 Å². The molecule has 2 heterocycles. The fourth-order valence-corrected chi connectivity index (χ4v) is 3.41. The maximum Gasteiger partial charge on any atom is 0.416 e. The number of hydrogen-bond donors (Lipinski definition) is 3. The van der Waals surface area contributed by atoms with Crippen molar-refractivity contribution in [3.8, 4) is 0 Å². The third-order valence-corrected chi connectivity index (χ3v) is 5.07. The van der Waals surface area contributed by atoms with E-state index in [0.717, 1.165) is 17.7 Å². The smallest absolute Gasteiger partial charge is 0.352 e. The Bertz CT molecular complexity index is 1360. The Labute approximate surface area is 209 Å². The molecule has 4 aromatic rings. The van der Waals surface area contributed by atoms with E-state index in [2.05, 4.69) is 26.2 Å². The Kier molecular flexibility index (Phi) is 7.77. The fraction of sp³-hybridized carbons (Fsp3) is 0.160. The molecule has 0 atom stereocenters. The first-order valence-corrected chi connectivity index (χ1v) is 11.1. The molecular formula is C25H22F3N6O3+. The molecule has 0 aliphatic carbocycles. The summed E-state index contributed by atoms with van der Waals surface area (Å²) in [5.74, 6) is -0.487. The largest absolute Gasteiger partial charge is 0.416 e. The maximum absolute atomic E-state index is 13.5. The number of nitrogens with zero attached hydrogens (tertiary/aromatic N) is 3. The molecule has 37 heavy (non-hydrogen) atoms. The lowest BCUT2D eigenvalue weighted by atomic mass is 10.1. The second-order valence-corrected chi connectivity index (χ2v) is 8.02.